The molecule has 0 bridgehead atoms. The van der Waals surface area contributed by atoms with E-state index in [9.17, 15) is 19.8 Å². The summed E-state index contributed by atoms with van der Waals surface area (Å²) in [5.41, 5.74) is 3.55. The van der Waals surface area contributed by atoms with E-state index in [0.29, 0.717) is 9.75 Å². The highest BCUT2D eigenvalue weighted by atomic mass is 32.1. The number of aromatic carboxylic acids is 2. The van der Waals surface area contributed by atoms with Crippen LogP contribution < -0.4 is 0 Å². The topological polar surface area (TPSA) is 74.6 Å². The van der Waals surface area contributed by atoms with Gasteiger partial charge in [-0.15, -0.1) is 22.7 Å². The highest BCUT2D eigenvalue weighted by Gasteiger charge is 2.19. The zero-order valence-corrected chi connectivity index (χ0v) is 20.6. The highest BCUT2D eigenvalue weighted by molar-refractivity contribution is 7.21. The highest BCUT2D eigenvalue weighted by Crippen LogP contribution is 2.39. The molecule has 2 aromatic heterocycles. The maximum Gasteiger partial charge on any atom is 0.346 e. The molecule has 6 aromatic rings. The van der Waals surface area contributed by atoms with Gasteiger partial charge in [0.1, 0.15) is 9.75 Å². The number of thiophene rings is 2. The Hall–Kier alpha value is -4.26. The number of carboxylic acid groups (broad SMARTS) is 2. The Morgan fingerprint density at radius 3 is 1.72 bits per heavy atom. The van der Waals surface area contributed by atoms with Gasteiger partial charge in [-0.1, -0.05) is 97.1 Å². The SMILES string of the molecule is O=C(O)c1sc2ccccc2c1-[9c]1ccccc1.O=C(O)c1sc2ccccc2c1-c1ccccc1. The lowest BCUT2D eigenvalue weighted by atomic mass is 8.34. The van der Waals surface area contributed by atoms with Crippen molar-refractivity contribution in [2.24, 2.45) is 0 Å². The molecule has 6 rings (SSSR count). The molecule has 2 heterocycles. The Balaban J connectivity index is 0.000000148. The smallest absolute Gasteiger partial charge is 0.346 e. The second-order valence-electron chi connectivity index (χ2n) is 7.95. The largest absolute Gasteiger partial charge is 0.477 e. The molecule has 0 amide bonds. The molecular weight excluding hydrogens is 485 g/mol. The van der Waals surface area contributed by atoms with Gasteiger partial charge < -0.3 is 10.2 Å². The fraction of sp³-hybridized carbons (Fsp3) is 0. The van der Waals surface area contributed by atoms with Crippen LogP contribution in [0.1, 0.15) is 19.3 Å². The average Bonchev–Trinajstić information content (AvgIpc) is 3.50. The van der Waals surface area contributed by atoms with E-state index in [1.54, 1.807) is 0 Å². The third-order valence-electron chi connectivity index (χ3n) is 5.70. The molecule has 0 radical (unpaired) electrons. The van der Waals surface area contributed by atoms with Gasteiger partial charge in [0.05, 0.1) is 0 Å². The zero-order chi connectivity index (χ0) is 25.1. The lowest BCUT2D eigenvalue weighted by Crippen LogP contribution is -1.94. The van der Waals surface area contributed by atoms with Crippen LogP contribution in [-0.2, 0) is 0 Å². The predicted molar refractivity (Wildman–Crippen MR) is 148 cm³/mol. The van der Waals surface area contributed by atoms with E-state index in [1.807, 2.05) is 109 Å². The summed E-state index contributed by atoms with van der Waals surface area (Å²) >= 11 is 2.65. The molecule has 0 fully saturated rings. The molecular formula is C30H20O4S2. The molecule has 0 aliphatic heterocycles. The summed E-state index contributed by atoms with van der Waals surface area (Å²) in [4.78, 5) is 23.6. The van der Waals surface area contributed by atoms with Crippen molar-refractivity contribution in [2.75, 3.05) is 0 Å². The van der Waals surface area contributed by atoms with Crippen LogP contribution in [0.15, 0.2) is 109 Å². The van der Waals surface area contributed by atoms with Gasteiger partial charge in [-0.25, -0.2) is 9.59 Å². The zero-order valence-electron chi connectivity index (χ0n) is 18.9. The fourth-order valence-electron chi connectivity index (χ4n) is 4.17. The van der Waals surface area contributed by atoms with Crippen molar-refractivity contribution in [2.45, 2.75) is 0 Å². The number of hydrogen-bond acceptors (Lipinski definition) is 4. The van der Waals surface area contributed by atoms with Crippen LogP contribution in [0.4, 0.5) is 0 Å². The number of rotatable bonds is 4. The molecule has 2 N–H and O–H groups in total. The van der Waals surface area contributed by atoms with Gasteiger partial charge in [-0.05, 0) is 23.3 Å². The van der Waals surface area contributed by atoms with Gasteiger partial charge >= 0.3 is 11.9 Å². The van der Waals surface area contributed by atoms with E-state index in [-0.39, 0.29) is 0 Å². The van der Waals surface area contributed by atoms with E-state index >= 15 is 0 Å². The van der Waals surface area contributed by atoms with Gasteiger partial charge in [-0.3, -0.25) is 0 Å². The molecule has 0 saturated carbocycles. The molecule has 0 unspecified atom stereocenters. The van der Waals surface area contributed by atoms with Crippen LogP contribution in [0.3, 0.4) is 0 Å². The fourth-order valence-corrected chi connectivity index (χ4v) is 6.30. The first kappa shape index (κ1) is 23.5. The molecule has 0 aliphatic rings. The predicted octanol–water partition coefficient (Wildman–Crippen LogP) is 8.53. The minimum absolute atomic E-state index is 0.405. The third-order valence-corrected chi connectivity index (χ3v) is 8.02. The summed E-state index contributed by atoms with van der Waals surface area (Å²) in [6, 6.07) is 34.9. The van der Waals surface area contributed by atoms with E-state index < -0.39 is 11.9 Å². The molecule has 6 heteroatoms. The minimum atomic E-state index is -0.866. The summed E-state index contributed by atoms with van der Waals surface area (Å²) in [6.07, 6.45) is 0. The van der Waals surface area contributed by atoms with Gasteiger partial charge in [-0.2, -0.15) is 0 Å². The van der Waals surface area contributed by atoms with Crippen LogP contribution in [0.25, 0.3) is 42.4 Å². The summed E-state index contributed by atoms with van der Waals surface area (Å²) in [6.45, 7) is 0. The first-order valence-electron chi connectivity index (χ1n) is 11.1. The van der Waals surface area contributed by atoms with Gasteiger partial charge in [0.2, 0.25) is 0 Å². The number of carboxylic acids is 2. The molecule has 0 aliphatic carbocycles. The Kier molecular flexibility index (Phi) is 6.62. The average molecular weight is 506 g/mol. The minimum Gasteiger partial charge on any atom is -0.477 e. The number of fused-ring (bicyclic) bond motifs is 2. The Labute approximate surface area is 215 Å². The number of hydrogen-bond donors (Lipinski definition) is 2. The van der Waals surface area contributed by atoms with Gasteiger partial charge in [0, 0.05) is 31.3 Å². The summed E-state index contributed by atoms with van der Waals surface area (Å²) in [5.74, 6) is -1.73. The molecule has 0 saturated heterocycles. The van der Waals surface area contributed by atoms with E-state index in [4.69, 9.17) is 0 Å². The maximum atomic E-state index is 11.4. The Morgan fingerprint density at radius 1 is 0.583 bits per heavy atom. The van der Waals surface area contributed by atoms with Crippen LogP contribution in [0.5, 0.6) is 0 Å². The van der Waals surface area contributed by atoms with E-state index in [1.165, 1.54) is 22.7 Å². The molecule has 0 spiro atoms. The second kappa shape index (κ2) is 10.2. The van der Waals surface area contributed by atoms with Gasteiger partial charge in [0.15, 0.2) is 0 Å². The monoisotopic (exact) mass is 505 g/mol. The van der Waals surface area contributed by atoms with E-state index in [0.717, 1.165) is 42.4 Å². The Morgan fingerprint density at radius 2 is 1.08 bits per heavy atom. The second-order valence-corrected chi connectivity index (χ2v) is 10.1. The number of benzene rings is 4. The van der Waals surface area contributed by atoms with Crippen molar-refractivity contribution in [3.05, 3.63) is 119 Å². The molecule has 0 atom stereocenters. The summed E-state index contributed by atoms with van der Waals surface area (Å²) < 4.78 is 2.02. The van der Waals surface area contributed by atoms with E-state index in [2.05, 4.69) is 0 Å². The normalized spacial score (nSPS) is 10.7. The standard InChI is InChI=1S/2C15H10O2S/c2*16-15(17)14-13(10-6-2-1-3-7-10)11-8-4-5-9-12(11)18-14/h2*1-9H,(H,16,17)/i10-3;. The van der Waals surface area contributed by atoms with Crippen molar-refractivity contribution >= 4 is 54.8 Å². The quantitative estimate of drug-likeness (QED) is 0.252. The lowest BCUT2D eigenvalue weighted by Gasteiger charge is -2.01. The lowest BCUT2D eigenvalue weighted by molar-refractivity contribution is 0.0692. The van der Waals surface area contributed by atoms with Crippen molar-refractivity contribution in [3.63, 3.8) is 0 Å². The first-order valence-corrected chi connectivity index (χ1v) is 12.8. The summed E-state index contributed by atoms with van der Waals surface area (Å²) in [7, 11) is 0. The molecule has 36 heavy (non-hydrogen) atoms. The Bertz CT molecular complexity index is 1550. The van der Waals surface area contributed by atoms with Crippen molar-refractivity contribution in [3.8, 4) is 22.3 Å². The van der Waals surface area contributed by atoms with Crippen molar-refractivity contribution in [1.82, 2.24) is 0 Å². The van der Waals surface area contributed by atoms with Gasteiger partial charge in [0.25, 0.3) is 0 Å². The van der Waals surface area contributed by atoms with Crippen LogP contribution in [0.2, 0.25) is 0 Å². The summed E-state index contributed by atoms with van der Waals surface area (Å²) in [5, 5.41) is 20.7. The third kappa shape index (κ3) is 4.52. The van der Waals surface area contributed by atoms with Crippen molar-refractivity contribution in [1.29, 1.82) is 0 Å². The van der Waals surface area contributed by atoms with Crippen molar-refractivity contribution < 1.29 is 19.8 Å². The maximum absolute atomic E-state index is 11.4. The molecule has 4 nitrogen and oxygen atoms in total. The van der Waals surface area contributed by atoms with Crippen LogP contribution >= 0.6 is 22.7 Å². The molecule has 4 aromatic carbocycles. The van der Waals surface area contributed by atoms with Crippen LogP contribution in [-0.4, -0.2) is 22.2 Å². The molecule has 176 valence electrons. The first-order chi connectivity index (χ1) is 17.5. The van der Waals surface area contributed by atoms with Crippen LogP contribution in [0, 0.1) is 0 Å². The number of carbonyl (C=O) groups is 2.